The zero-order valence-corrected chi connectivity index (χ0v) is 17.8. The maximum atomic E-state index is 11.4. The molecule has 6 nitrogen and oxygen atoms in total. The van der Waals surface area contributed by atoms with E-state index in [1.807, 2.05) is 6.92 Å². The van der Waals surface area contributed by atoms with E-state index in [1.54, 1.807) is 19.1 Å². The van der Waals surface area contributed by atoms with Gasteiger partial charge in [-0.3, -0.25) is 4.99 Å². The molecule has 1 aromatic heterocycles. The number of sulfone groups is 1. The third-order valence-corrected chi connectivity index (χ3v) is 5.87. The molecule has 3 N–H and O–H groups in total. The van der Waals surface area contributed by atoms with E-state index in [0.29, 0.717) is 16.8 Å². The van der Waals surface area contributed by atoms with Crippen LogP contribution in [-0.2, 0) is 9.84 Å². The summed E-state index contributed by atoms with van der Waals surface area (Å²) < 4.78 is 23.5. The molecule has 0 radical (unpaired) electrons. The van der Waals surface area contributed by atoms with Crippen molar-refractivity contribution >= 4 is 62.7 Å². The van der Waals surface area contributed by atoms with Crippen LogP contribution < -0.4 is 10.6 Å². The molecule has 0 amide bonds. The Labute approximate surface area is 163 Å². The lowest BCUT2D eigenvalue weighted by Crippen LogP contribution is -2.40. The lowest BCUT2D eigenvalue weighted by molar-refractivity contribution is 0.191. The predicted molar refractivity (Wildman–Crippen MR) is 108 cm³/mol. The molecule has 0 aliphatic heterocycles. The lowest BCUT2D eigenvalue weighted by Gasteiger charge is -2.12. The predicted octanol–water partition coefficient (Wildman–Crippen LogP) is 2.04. The van der Waals surface area contributed by atoms with Gasteiger partial charge in [0, 0.05) is 23.7 Å². The Morgan fingerprint density at radius 1 is 1.39 bits per heavy atom. The molecular formula is C13H23ClIN3O3S2. The maximum absolute atomic E-state index is 11.4. The van der Waals surface area contributed by atoms with E-state index >= 15 is 0 Å². The van der Waals surface area contributed by atoms with Crippen molar-refractivity contribution in [1.29, 1.82) is 0 Å². The van der Waals surface area contributed by atoms with Crippen molar-refractivity contribution in [2.45, 2.75) is 20.0 Å². The van der Waals surface area contributed by atoms with Gasteiger partial charge in [-0.05, 0) is 19.1 Å². The van der Waals surface area contributed by atoms with E-state index in [9.17, 15) is 13.5 Å². The number of hydrogen-bond donors (Lipinski definition) is 3. The minimum Gasteiger partial charge on any atom is -0.386 e. The first-order valence-corrected chi connectivity index (χ1v) is 10.1. The van der Waals surface area contributed by atoms with Gasteiger partial charge >= 0.3 is 0 Å². The largest absolute Gasteiger partial charge is 0.386 e. The second-order valence-corrected chi connectivity index (χ2v) is 8.76. The standard InChI is InChI=1S/C13H22ClN3O3S2.HI/c1-3-15-13(16-7-8-22(19,20)4-2)17-9-10(18)11-5-6-12(14)21-11;/h5-6,10,18H,3-4,7-9H2,1-2H3,(H2,15,16,17);1H. The number of halogens is 2. The number of guanidine groups is 1. The van der Waals surface area contributed by atoms with Crippen LogP contribution in [0.5, 0.6) is 0 Å². The Morgan fingerprint density at radius 2 is 2.09 bits per heavy atom. The highest BCUT2D eigenvalue weighted by Gasteiger charge is 2.11. The van der Waals surface area contributed by atoms with Gasteiger partial charge in [0.15, 0.2) is 15.8 Å². The van der Waals surface area contributed by atoms with Gasteiger partial charge in [0.25, 0.3) is 0 Å². The molecule has 0 spiro atoms. The van der Waals surface area contributed by atoms with Crippen molar-refractivity contribution in [3.63, 3.8) is 0 Å². The molecule has 1 unspecified atom stereocenters. The van der Waals surface area contributed by atoms with Gasteiger partial charge < -0.3 is 15.7 Å². The summed E-state index contributed by atoms with van der Waals surface area (Å²) in [5.74, 6) is 0.660. The Balaban J connectivity index is 0.00000484. The van der Waals surface area contributed by atoms with Crippen LogP contribution in [0, 0.1) is 0 Å². The molecule has 1 aromatic rings. The highest BCUT2D eigenvalue weighted by atomic mass is 127. The van der Waals surface area contributed by atoms with Crippen molar-refractivity contribution in [2.75, 3.05) is 31.1 Å². The average Bonchev–Trinajstić information content (AvgIpc) is 2.91. The fourth-order valence-electron chi connectivity index (χ4n) is 1.59. The second kappa shape index (κ2) is 11.5. The van der Waals surface area contributed by atoms with Crippen LogP contribution in [0.4, 0.5) is 0 Å². The first-order valence-electron chi connectivity index (χ1n) is 7.03. The van der Waals surface area contributed by atoms with Gasteiger partial charge in [-0.15, -0.1) is 35.3 Å². The minimum absolute atomic E-state index is 0. The number of nitrogens with one attached hydrogen (secondary N) is 2. The van der Waals surface area contributed by atoms with Gasteiger partial charge in [-0.1, -0.05) is 18.5 Å². The zero-order chi connectivity index (χ0) is 16.6. The van der Waals surface area contributed by atoms with Crippen LogP contribution in [0.3, 0.4) is 0 Å². The van der Waals surface area contributed by atoms with Crippen molar-refractivity contribution < 1.29 is 13.5 Å². The number of nitrogens with zero attached hydrogens (tertiary/aromatic N) is 1. The minimum atomic E-state index is -3.01. The summed E-state index contributed by atoms with van der Waals surface area (Å²) in [6.45, 7) is 4.63. The summed E-state index contributed by atoms with van der Waals surface area (Å²) in [4.78, 5) is 5.01. The van der Waals surface area contributed by atoms with Crippen LogP contribution in [-0.4, -0.2) is 50.6 Å². The Bertz CT molecular complexity index is 593. The number of aliphatic imine (C=N–C) groups is 1. The molecule has 0 saturated carbocycles. The first kappa shape index (κ1) is 22.9. The summed E-state index contributed by atoms with van der Waals surface area (Å²) in [6, 6.07) is 3.49. The number of aliphatic hydroxyl groups excluding tert-OH is 1. The SMILES string of the molecule is CCNC(=NCC(O)c1ccc(Cl)s1)NCCS(=O)(=O)CC.I. The van der Waals surface area contributed by atoms with Gasteiger partial charge in [0.2, 0.25) is 0 Å². The molecule has 0 bridgehead atoms. The number of aliphatic hydroxyl groups is 1. The van der Waals surface area contributed by atoms with E-state index in [4.69, 9.17) is 11.6 Å². The molecule has 1 rings (SSSR count). The summed E-state index contributed by atoms with van der Waals surface area (Å²) in [6.07, 6.45) is -0.729. The highest BCUT2D eigenvalue weighted by molar-refractivity contribution is 14.0. The summed E-state index contributed by atoms with van der Waals surface area (Å²) in [7, 11) is -3.01. The monoisotopic (exact) mass is 495 g/mol. The zero-order valence-electron chi connectivity index (χ0n) is 13.1. The summed E-state index contributed by atoms with van der Waals surface area (Å²) in [5.41, 5.74) is 0. The molecule has 0 aliphatic carbocycles. The third-order valence-electron chi connectivity index (χ3n) is 2.83. The molecule has 0 saturated heterocycles. The van der Waals surface area contributed by atoms with Gasteiger partial charge in [0.05, 0.1) is 16.6 Å². The fraction of sp³-hybridized carbons (Fsp3) is 0.615. The number of thiophene rings is 1. The van der Waals surface area contributed by atoms with E-state index in [0.717, 1.165) is 4.88 Å². The molecule has 1 atom stereocenters. The molecule has 0 aromatic carbocycles. The van der Waals surface area contributed by atoms with Crippen LogP contribution in [0.2, 0.25) is 4.34 Å². The van der Waals surface area contributed by atoms with Crippen LogP contribution in [0.25, 0.3) is 0 Å². The quantitative estimate of drug-likeness (QED) is 0.292. The molecule has 134 valence electrons. The number of rotatable bonds is 8. The summed E-state index contributed by atoms with van der Waals surface area (Å²) in [5, 5.41) is 16.0. The fourth-order valence-corrected chi connectivity index (χ4v) is 3.33. The van der Waals surface area contributed by atoms with Crippen LogP contribution in [0.1, 0.15) is 24.8 Å². The first-order chi connectivity index (χ1) is 10.4. The van der Waals surface area contributed by atoms with E-state index < -0.39 is 15.9 Å². The Morgan fingerprint density at radius 3 is 2.61 bits per heavy atom. The Kier molecular flexibility index (Phi) is 11.4. The molecule has 0 aliphatic rings. The third kappa shape index (κ3) is 9.08. The topological polar surface area (TPSA) is 90.8 Å². The average molecular weight is 496 g/mol. The van der Waals surface area contributed by atoms with Crippen molar-refractivity contribution in [1.82, 2.24) is 10.6 Å². The van der Waals surface area contributed by atoms with E-state index in [-0.39, 0.29) is 48.6 Å². The highest BCUT2D eigenvalue weighted by Crippen LogP contribution is 2.26. The second-order valence-electron chi connectivity index (χ2n) is 4.54. The molecule has 1 heterocycles. The molecular weight excluding hydrogens is 473 g/mol. The Hall–Kier alpha value is -0.100. The van der Waals surface area contributed by atoms with Gasteiger partial charge in [0.1, 0.15) is 6.10 Å². The number of hydrogen-bond acceptors (Lipinski definition) is 5. The van der Waals surface area contributed by atoms with Crippen molar-refractivity contribution in [3.8, 4) is 0 Å². The molecule has 10 heteroatoms. The van der Waals surface area contributed by atoms with Gasteiger partial charge in [-0.2, -0.15) is 0 Å². The lowest BCUT2D eigenvalue weighted by atomic mass is 10.3. The normalized spacial score (nSPS) is 13.3. The summed E-state index contributed by atoms with van der Waals surface area (Å²) >= 11 is 7.14. The molecule has 23 heavy (non-hydrogen) atoms. The maximum Gasteiger partial charge on any atom is 0.191 e. The van der Waals surface area contributed by atoms with Crippen LogP contribution in [0.15, 0.2) is 17.1 Å². The van der Waals surface area contributed by atoms with Gasteiger partial charge in [-0.25, -0.2) is 8.42 Å². The van der Waals surface area contributed by atoms with Crippen LogP contribution >= 0.6 is 46.9 Å². The van der Waals surface area contributed by atoms with Crippen molar-refractivity contribution in [3.05, 3.63) is 21.3 Å². The molecule has 0 fully saturated rings. The van der Waals surface area contributed by atoms with E-state index in [1.165, 1.54) is 11.3 Å². The van der Waals surface area contributed by atoms with Crippen molar-refractivity contribution in [2.24, 2.45) is 4.99 Å². The smallest absolute Gasteiger partial charge is 0.191 e. The van der Waals surface area contributed by atoms with E-state index in [2.05, 4.69) is 15.6 Å².